The highest BCUT2D eigenvalue weighted by atomic mass is 16.5. The van der Waals surface area contributed by atoms with Crippen molar-refractivity contribution in [3.05, 3.63) is 108 Å². The molecule has 0 saturated carbocycles. The summed E-state index contributed by atoms with van der Waals surface area (Å²) in [6.07, 6.45) is -0.468. The number of carboxylic acid groups (broad SMARTS) is 1. The quantitative estimate of drug-likeness (QED) is 0.520. The van der Waals surface area contributed by atoms with Crippen LogP contribution in [-0.4, -0.2) is 29.0 Å². The predicted octanol–water partition coefficient (Wildman–Crippen LogP) is 3.52. The second-order valence-corrected chi connectivity index (χ2v) is 7.00. The van der Waals surface area contributed by atoms with E-state index >= 15 is 0 Å². The molecule has 1 amide bonds. The number of benzene rings is 3. The van der Waals surface area contributed by atoms with Crippen LogP contribution in [0.2, 0.25) is 0 Å². The highest BCUT2D eigenvalue weighted by Crippen LogP contribution is 2.25. The highest BCUT2D eigenvalue weighted by molar-refractivity contribution is 5.92. The van der Waals surface area contributed by atoms with Crippen molar-refractivity contribution in [1.29, 1.82) is 0 Å². The predicted molar refractivity (Wildman–Crippen MR) is 115 cm³/mol. The van der Waals surface area contributed by atoms with Gasteiger partial charge in [0.2, 0.25) is 5.91 Å². The summed E-state index contributed by atoms with van der Waals surface area (Å²) in [6.45, 7) is 0.0383. The number of esters is 1. The van der Waals surface area contributed by atoms with Crippen LogP contribution < -0.4 is 5.32 Å². The molecule has 3 aromatic rings. The van der Waals surface area contributed by atoms with E-state index in [1.807, 2.05) is 54.6 Å². The molecule has 0 aliphatic carbocycles. The van der Waals surface area contributed by atoms with Crippen LogP contribution in [0.5, 0.6) is 0 Å². The van der Waals surface area contributed by atoms with Gasteiger partial charge < -0.3 is 15.2 Å². The molecule has 6 nitrogen and oxygen atoms in total. The third-order valence-corrected chi connectivity index (χ3v) is 4.76. The van der Waals surface area contributed by atoms with Gasteiger partial charge >= 0.3 is 11.9 Å². The fourth-order valence-electron chi connectivity index (χ4n) is 3.20. The lowest BCUT2D eigenvalue weighted by molar-refractivity contribution is -0.151. The third kappa shape index (κ3) is 6.27. The molecular formula is C25H23NO5. The minimum absolute atomic E-state index is 0.0383. The molecule has 0 spiro atoms. The summed E-state index contributed by atoms with van der Waals surface area (Å²) >= 11 is 0. The van der Waals surface area contributed by atoms with Crippen molar-refractivity contribution in [3.63, 3.8) is 0 Å². The van der Waals surface area contributed by atoms with Gasteiger partial charge in [-0.2, -0.15) is 0 Å². The van der Waals surface area contributed by atoms with Crippen LogP contribution >= 0.6 is 0 Å². The summed E-state index contributed by atoms with van der Waals surface area (Å²) in [5.41, 5.74) is 2.24. The van der Waals surface area contributed by atoms with Gasteiger partial charge in [-0.3, -0.25) is 9.59 Å². The lowest BCUT2D eigenvalue weighted by atomic mass is 9.90. The summed E-state index contributed by atoms with van der Waals surface area (Å²) in [5.74, 6) is -3.21. The van der Waals surface area contributed by atoms with Crippen LogP contribution in [0.4, 0.5) is 0 Å². The summed E-state index contributed by atoms with van der Waals surface area (Å²) in [5, 5.41) is 12.1. The van der Waals surface area contributed by atoms with Gasteiger partial charge in [0.25, 0.3) is 0 Å². The highest BCUT2D eigenvalue weighted by Gasteiger charge is 2.29. The minimum atomic E-state index is -1.40. The molecule has 2 N–H and O–H groups in total. The molecule has 6 heteroatoms. The van der Waals surface area contributed by atoms with Crippen molar-refractivity contribution in [1.82, 2.24) is 5.32 Å². The van der Waals surface area contributed by atoms with Crippen LogP contribution in [0.1, 0.15) is 29.0 Å². The third-order valence-electron chi connectivity index (χ3n) is 4.76. The van der Waals surface area contributed by atoms with Gasteiger partial charge in [-0.15, -0.1) is 0 Å². The molecule has 0 radical (unpaired) electrons. The van der Waals surface area contributed by atoms with E-state index in [1.54, 1.807) is 36.4 Å². The van der Waals surface area contributed by atoms with Crippen LogP contribution in [-0.2, 0) is 25.7 Å². The molecule has 0 saturated heterocycles. The van der Waals surface area contributed by atoms with Gasteiger partial charge in [-0.05, 0) is 16.7 Å². The van der Waals surface area contributed by atoms with E-state index in [0.717, 1.165) is 16.7 Å². The van der Waals surface area contributed by atoms with Crippen molar-refractivity contribution in [2.24, 2.45) is 0 Å². The van der Waals surface area contributed by atoms with Crippen molar-refractivity contribution in [3.8, 4) is 0 Å². The van der Waals surface area contributed by atoms with Crippen molar-refractivity contribution < 1.29 is 24.2 Å². The Labute approximate surface area is 180 Å². The molecule has 0 fully saturated rings. The number of ether oxygens (including phenoxy) is 1. The van der Waals surface area contributed by atoms with E-state index < -0.39 is 36.2 Å². The van der Waals surface area contributed by atoms with E-state index in [0.29, 0.717) is 0 Å². The average Bonchev–Trinajstić information content (AvgIpc) is 2.79. The van der Waals surface area contributed by atoms with Gasteiger partial charge in [0.15, 0.2) is 0 Å². The molecule has 0 aliphatic rings. The van der Waals surface area contributed by atoms with Gasteiger partial charge in [0, 0.05) is 0 Å². The Hall–Kier alpha value is -3.93. The Bertz CT molecular complexity index is 966. The molecular weight excluding hydrogens is 394 g/mol. The lowest BCUT2D eigenvalue weighted by Crippen LogP contribution is -2.44. The molecule has 3 aromatic carbocycles. The van der Waals surface area contributed by atoms with E-state index in [-0.39, 0.29) is 6.61 Å². The Kier molecular flexibility index (Phi) is 7.54. The molecule has 0 unspecified atom stereocenters. The number of hydrogen-bond donors (Lipinski definition) is 2. The van der Waals surface area contributed by atoms with Crippen LogP contribution in [0.25, 0.3) is 0 Å². The largest absolute Gasteiger partial charge is 0.480 e. The summed E-state index contributed by atoms with van der Waals surface area (Å²) < 4.78 is 5.17. The number of carbonyl (C=O) groups is 3. The molecule has 0 aromatic heterocycles. The second-order valence-electron chi connectivity index (χ2n) is 7.00. The molecule has 1 atom stereocenters. The normalized spacial score (nSPS) is 11.5. The van der Waals surface area contributed by atoms with Crippen molar-refractivity contribution in [2.75, 3.05) is 0 Å². The molecule has 31 heavy (non-hydrogen) atoms. The molecule has 0 aliphatic heterocycles. The Morgan fingerprint density at radius 2 is 1.26 bits per heavy atom. The number of rotatable bonds is 9. The number of amides is 1. The van der Waals surface area contributed by atoms with Crippen molar-refractivity contribution in [2.45, 2.75) is 25.0 Å². The van der Waals surface area contributed by atoms with Crippen LogP contribution in [0.3, 0.4) is 0 Å². The monoisotopic (exact) mass is 417 g/mol. The van der Waals surface area contributed by atoms with Gasteiger partial charge in [-0.25, -0.2) is 4.79 Å². The average molecular weight is 417 g/mol. The Balaban J connectivity index is 1.70. The zero-order valence-corrected chi connectivity index (χ0v) is 16.8. The number of aliphatic carboxylic acids is 1. The maximum Gasteiger partial charge on any atom is 0.326 e. The molecule has 0 heterocycles. The first-order valence-corrected chi connectivity index (χ1v) is 9.87. The zero-order valence-electron chi connectivity index (χ0n) is 16.8. The summed E-state index contributed by atoms with van der Waals surface area (Å²) in [7, 11) is 0. The topological polar surface area (TPSA) is 92.7 Å². The smallest absolute Gasteiger partial charge is 0.326 e. The first-order valence-electron chi connectivity index (χ1n) is 9.87. The van der Waals surface area contributed by atoms with Gasteiger partial charge in [-0.1, -0.05) is 91.0 Å². The Morgan fingerprint density at radius 3 is 1.74 bits per heavy atom. The molecule has 158 valence electrons. The van der Waals surface area contributed by atoms with Crippen LogP contribution in [0.15, 0.2) is 91.0 Å². The molecule has 3 rings (SSSR count). The zero-order chi connectivity index (χ0) is 22.1. The Morgan fingerprint density at radius 1 is 0.774 bits per heavy atom. The number of nitrogens with one attached hydrogen (secondary N) is 1. The maximum atomic E-state index is 13.1. The van der Waals surface area contributed by atoms with E-state index in [1.165, 1.54) is 0 Å². The van der Waals surface area contributed by atoms with E-state index in [2.05, 4.69) is 5.32 Å². The first kappa shape index (κ1) is 21.8. The van der Waals surface area contributed by atoms with E-state index in [4.69, 9.17) is 4.74 Å². The summed E-state index contributed by atoms with van der Waals surface area (Å²) in [4.78, 5) is 37.0. The number of carbonyl (C=O) groups excluding carboxylic acids is 2. The standard InChI is InChI=1S/C25H23NO5/c27-22(31-17-18-10-4-1-5-11-18)16-21(25(29)30)26-24(28)23(19-12-6-2-7-13-19)20-14-8-3-9-15-20/h1-15,21,23H,16-17H2,(H,26,28)(H,29,30)/t21-/m0/s1. The minimum Gasteiger partial charge on any atom is -0.480 e. The van der Waals surface area contributed by atoms with Gasteiger partial charge in [0.05, 0.1) is 12.3 Å². The summed E-state index contributed by atoms with van der Waals surface area (Å²) in [6, 6.07) is 25.8. The first-order chi connectivity index (χ1) is 15.0. The second kappa shape index (κ2) is 10.7. The maximum absolute atomic E-state index is 13.1. The van der Waals surface area contributed by atoms with Gasteiger partial charge in [0.1, 0.15) is 12.6 Å². The van der Waals surface area contributed by atoms with Crippen LogP contribution in [0, 0.1) is 0 Å². The fraction of sp³-hybridized carbons (Fsp3) is 0.160. The molecule has 0 bridgehead atoms. The number of hydrogen-bond acceptors (Lipinski definition) is 4. The number of carboxylic acids is 1. The lowest BCUT2D eigenvalue weighted by Gasteiger charge is -2.21. The van der Waals surface area contributed by atoms with E-state index in [9.17, 15) is 19.5 Å². The fourth-order valence-corrected chi connectivity index (χ4v) is 3.20. The SMILES string of the molecule is O=C(C[C@H](NC(=O)C(c1ccccc1)c1ccccc1)C(=O)O)OCc1ccccc1. The van der Waals surface area contributed by atoms with Crippen molar-refractivity contribution >= 4 is 17.8 Å².